The summed E-state index contributed by atoms with van der Waals surface area (Å²) in [7, 11) is 0. The molecule has 1 heterocycles. The highest BCUT2D eigenvalue weighted by molar-refractivity contribution is 5.94. The number of hydrogen-bond donors (Lipinski definition) is 1. The zero-order valence-corrected chi connectivity index (χ0v) is 14.9. The standard InChI is InChI=1S/C18H21F3N2O4/c1-2-27-15(25)6-5-14(24)23-9-7-11(8-10-23)22-18(26)12-3-4-13(19)17(21)16(12)20/h3-4,11H,2,5-10H2,1H3,(H,22,26). The van der Waals surface area contributed by atoms with E-state index < -0.39 is 34.9 Å². The third-order valence-electron chi connectivity index (χ3n) is 4.31. The Labute approximate surface area is 154 Å². The highest BCUT2D eigenvalue weighted by atomic mass is 19.2. The van der Waals surface area contributed by atoms with Crippen LogP contribution < -0.4 is 5.32 Å². The van der Waals surface area contributed by atoms with Gasteiger partial charge in [-0.25, -0.2) is 13.2 Å². The van der Waals surface area contributed by atoms with E-state index in [0.717, 1.165) is 6.07 Å². The SMILES string of the molecule is CCOC(=O)CCC(=O)N1CCC(NC(=O)c2ccc(F)c(F)c2F)CC1. The largest absolute Gasteiger partial charge is 0.466 e. The molecule has 0 spiro atoms. The van der Waals surface area contributed by atoms with E-state index in [1.807, 2.05) is 0 Å². The van der Waals surface area contributed by atoms with E-state index in [2.05, 4.69) is 5.32 Å². The van der Waals surface area contributed by atoms with Gasteiger partial charge in [0.15, 0.2) is 17.5 Å². The summed E-state index contributed by atoms with van der Waals surface area (Å²) in [5, 5.41) is 2.57. The van der Waals surface area contributed by atoms with Gasteiger partial charge in [0, 0.05) is 25.6 Å². The number of hydrogen-bond acceptors (Lipinski definition) is 4. The number of likely N-dealkylation sites (tertiary alicyclic amines) is 1. The molecule has 0 radical (unpaired) electrons. The molecule has 0 unspecified atom stereocenters. The molecule has 0 atom stereocenters. The number of rotatable bonds is 6. The summed E-state index contributed by atoms with van der Waals surface area (Å²) in [6.07, 6.45) is 0.930. The minimum absolute atomic E-state index is 0.0126. The summed E-state index contributed by atoms with van der Waals surface area (Å²) in [6.45, 7) is 2.68. The van der Waals surface area contributed by atoms with Crippen molar-refractivity contribution >= 4 is 17.8 Å². The van der Waals surface area contributed by atoms with Crippen LogP contribution in [0.5, 0.6) is 0 Å². The van der Waals surface area contributed by atoms with Gasteiger partial charge in [0.05, 0.1) is 18.6 Å². The Morgan fingerprint density at radius 3 is 2.41 bits per heavy atom. The first kappa shape index (κ1) is 20.7. The molecule has 1 aromatic carbocycles. The molecule has 2 rings (SSSR count). The summed E-state index contributed by atoms with van der Waals surface area (Å²) in [5.41, 5.74) is -0.568. The van der Waals surface area contributed by atoms with E-state index in [1.54, 1.807) is 11.8 Å². The lowest BCUT2D eigenvalue weighted by Crippen LogP contribution is -2.46. The number of amides is 2. The van der Waals surface area contributed by atoms with E-state index in [4.69, 9.17) is 4.74 Å². The van der Waals surface area contributed by atoms with Gasteiger partial charge in [0.1, 0.15) is 0 Å². The third-order valence-corrected chi connectivity index (χ3v) is 4.31. The maximum Gasteiger partial charge on any atom is 0.306 e. The number of halogens is 3. The summed E-state index contributed by atoms with van der Waals surface area (Å²) in [5.74, 6) is -6.03. The zero-order valence-electron chi connectivity index (χ0n) is 14.9. The van der Waals surface area contributed by atoms with E-state index in [9.17, 15) is 27.6 Å². The maximum absolute atomic E-state index is 13.7. The summed E-state index contributed by atoms with van der Waals surface area (Å²) >= 11 is 0. The number of nitrogens with one attached hydrogen (secondary N) is 1. The average Bonchev–Trinajstić information content (AvgIpc) is 2.65. The second-order valence-corrected chi connectivity index (χ2v) is 6.16. The molecule has 9 heteroatoms. The number of nitrogens with zero attached hydrogens (tertiary/aromatic N) is 1. The number of piperidine rings is 1. The minimum Gasteiger partial charge on any atom is -0.466 e. The molecule has 2 amide bonds. The predicted molar refractivity (Wildman–Crippen MR) is 89.3 cm³/mol. The Kier molecular flexibility index (Phi) is 7.20. The molecule has 0 bridgehead atoms. The van der Waals surface area contributed by atoms with Crippen molar-refractivity contribution in [3.63, 3.8) is 0 Å². The van der Waals surface area contributed by atoms with Crippen molar-refractivity contribution in [3.8, 4) is 0 Å². The van der Waals surface area contributed by atoms with Crippen LogP contribution in [-0.4, -0.2) is 48.4 Å². The van der Waals surface area contributed by atoms with Crippen LogP contribution in [0.25, 0.3) is 0 Å². The molecule has 1 aliphatic heterocycles. The number of carbonyl (C=O) groups excluding carboxylic acids is 3. The molecule has 0 aliphatic carbocycles. The Hall–Kier alpha value is -2.58. The quantitative estimate of drug-likeness (QED) is 0.601. The monoisotopic (exact) mass is 386 g/mol. The van der Waals surface area contributed by atoms with Crippen LogP contribution in [0.4, 0.5) is 13.2 Å². The number of ether oxygens (including phenoxy) is 1. The first-order valence-electron chi connectivity index (χ1n) is 8.71. The molecule has 6 nitrogen and oxygen atoms in total. The maximum atomic E-state index is 13.7. The lowest BCUT2D eigenvalue weighted by Gasteiger charge is -2.32. The van der Waals surface area contributed by atoms with Crippen LogP contribution in [0.15, 0.2) is 12.1 Å². The van der Waals surface area contributed by atoms with Gasteiger partial charge in [-0.15, -0.1) is 0 Å². The van der Waals surface area contributed by atoms with Gasteiger partial charge in [0.2, 0.25) is 5.91 Å². The molecule has 0 aromatic heterocycles. The zero-order chi connectivity index (χ0) is 20.0. The Morgan fingerprint density at radius 1 is 1.11 bits per heavy atom. The number of carbonyl (C=O) groups is 3. The van der Waals surface area contributed by atoms with E-state index in [-0.39, 0.29) is 31.4 Å². The molecule has 1 aromatic rings. The molecule has 27 heavy (non-hydrogen) atoms. The Bertz CT molecular complexity index is 719. The molecular weight excluding hydrogens is 365 g/mol. The van der Waals surface area contributed by atoms with Gasteiger partial charge in [-0.1, -0.05) is 0 Å². The Morgan fingerprint density at radius 2 is 1.78 bits per heavy atom. The van der Waals surface area contributed by atoms with Crippen LogP contribution in [0.3, 0.4) is 0 Å². The van der Waals surface area contributed by atoms with E-state index >= 15 is 0 Å². The van der Waals surface area contributed by atoms with Crippen molar-refractivity contribution in [3.05, 3.63) is 35.1 Å². The van der Waals surface area contributed by atoms with Crippen molar-refractivity contribution in [1.29, 1.82) is 0 Å². The van der Waals surface area contributed by atoms with Gasteiger partial charge in [-0.3, -0.25) is 14.4 Å². The summed E-state index contributed by atoms with van der Waals surface area (Å²) in [6, 6.07) is 1.26. The van der Waals surface area contributed by atoms with E-state index in [1.165, 1.54) is 0 Å². The molecule has 1 saturated heterocycles. The molecule has 1 N–H and O–H groups in total. The van der Waals surface area contributed by atoms with Crippen LogP contribution in [0, 0.1) is 17.5 Å². The van der Waals surface area contributed by atoms with Crippen molar-refractivity contribution in [1.82, 2.24) is 10.2 Å². The molecule has 0 saturated carbocycles. The van der Waals surface area contributed by atoms with Crippen LogP contribution in [0.2, 0.25) is 0 Å². The van der Waals surface area contributed by atoms with Gasteiger partial charge in [-0.2, -0.15) is 0 Å². The molecular formula is C18H21F3N2O4. The first-order chi connectivity index (χ1) is 12.8. The van der Waals surface area contributed by atoms with Crippen LogP contribution >= 0.6 is 0 Å². The highest BCUT2D eigenvalue weighted by Gasteiger charge is 2.26. The van der Waals surface area contributed by atoms with Crippen LogP contribution in [-0.2, 0) is 14.3 Å². The van der Waals surface area contributed by atoms with Gasteiger partial charge in [0.25, 0.3) is 5.91 Å². The summed E-state index contributed by atoms with van der Waals surface area (Å²) < 4.78 is 44.6. The predicted octanol–water partition coefficient (Wildman–Crippen LogP) is 2.17. The minimum atomic E-state index is -1.69. The fourth-order valence-corrected chi connectivity index (χ4v) is 2.84. The normalized spacial score (nSPS) is 14.7. The molecule has 1 aliphatic rings. The van der Waals surface area contributed by atoms with Crippen molar-refractivity contribution in [2.45, 2.75) is 38.6 Å². The highest BCUT2D eigenvalue weighted by Crippen LogP contribution is 2.17. The summed E-state index contributed by atoms with van der Waals surface area (Å²) in [4.78, 5) is 37.0. The molecule has 148 valence electrons. The number of benzene rings is 1. The second-order valence-electron chi connectivity index (χ2n) is 6.16. The average molecular weight is 386 g/mol. The van der Waals surface area contributed by atoms with Crippen LogP contribution in [0.1, 0.15) is 43.0 Å². The van der Waals surface area contributed by atoms with Gasteiger partial charge < -0.3 is 15.0 Å². The lowest BCUT2D eigenvalue weighted by molar-refractivity contribution is -0.145. The fourth-order valence-electron chi connectivity index (χ4n) is 2.84. The van der Waals surface area contributed by atoms with E-state index in [0.29, 0.717) is 32.0 Å². The van der Waals surface area contributed by atoms with Crippen molar-refractivity contribution < 1.29 is 32.3 Å². The smallest absolute Gasteiger partial charge is 0.306 e. The lowest BCUT2D eigenvalue weighted by atomic mass is 10.0. The first-order valence-corrected chi connectivity index (χ1v) is 8.71. The Balaban J connectivity index is 1.82. The number of esters is 1. The van der Waals surface area contributed by atoms with Gasteiger partial charge >= 0.3 is 5.97 Å². The van der Waals surface area contributed by atoms with Crippen molar-refractivity contribution in [2.24, 2.45) is 0 Å². The van der Waals surface area contributed by atoms with Crippen molar-refractivity contribution in [2.75, 3.05) is 19.7 Å². The fraction of sp³-hybridized carbons (Fsp3) is 0.500. The molecule has 1 fully saturated rings. The topological polar surface area (TPSA) is 75.7 Å². The second kappa shape index (κ2) is 9.38. The van der Waals surface area contributed by atoms with Gasteiger partial charge in [-0.05, 0) is 31.9 Å². The third kappa shape index (κ3) is 5.45.